The molecule has 0 atom stereocenters. The minimum Gasteiger partial charge on any atom is -0.303 e. The van der Waals surface area contributed by atoms with E-state index in [0.29, 0.717) is 0 Å². The number of aryl methyl sites for hydroxylation is 2. The van der Waals surface area contributed by atoms with Gasteiger partial charge in [-0.15, -0.1) is 0 Å². The van der Waals surface area contributed by atoms with E-state index in [1.165, 1.54) is 0 Å². The van der Waals surface area contributed by atoms with Gasteiger partial charge in [0.25, 0.3) is 0 Å². The fourth-order valence-electron chi connectivity index (χ4n) is 1.34. The molecule has 0 radical (unpaired) electrons. The molecule has 0 aromatic carbocycles. The minimum atomic E-state index is 0.804. The van der Waals surface area contributed by atoms with Crippen LogP contribution in [0.15, 0.2) is 6.07 Å². The first-order valence-corrected chi connectivity index (χ1v) is 4.91. The van der Waals surface area contributed by atoms with Crippen LogP contribution in [0.2, 0.25) is 0 Å². The van der Waals surface area contributed by atoms with Crippen LogP contribution in [0.4, 0.5) is 5.82 Å². The highest BCUT2D eigenvalue weighted by Crippen LogP contribution is 2.14. The number of aromatic nitrogens is 2. The molecular formula is C10H17N3O. The van der Waals surface area contributed by atoms with Crippen molar-refractivity contribution in [1.82, 2.24) is 9.78 Å². The second-order valence-electron chi connectivity index (χ2n) is 3.44. The van der Waals surface area contributed by atoms with Gasteiger partial charge >= 0.3 is 0 Å². The van der Waals surface area contributed by atoms with Gasteiger partial charge in [-0.2, -0.15) is 5.10 Å². The third-order valence-electron chi connectivity index (χ3n) is 2.12. The highest BCUT2D eigenvalue weighted by atomic mass is 16.1. The van der Waals surface area contributed by atoms with Crippen molar-refractivity contribution in [1.29, 1.82) is 0 Å². The average Bonchev–Trinajstić information content (AvgIpc) is 2.55. The molecule has 1 aromatic rings. The van der Waals surface area contributed by atoms with Gasteiger partial charge in [0, 0.05) is 19.7 Å². The quantitative estimate of drug-likeness (QED) is 0.669. The number of amides is 1. The maximum absolute atomic E-state index is 10.6. The summed E-state index contributed by atoms with van der Waals surface area (Å²) in [4.78, 5) is 12.2. The maximum Gasteiger partial charge on any atom is 0.215 e. The predicted octanol–water partition coefficient (Wildman–Crippen LogP) is 1.58. The second kappa shape index (κ2) is 4.79. The number of anilines is 1. The fourth-order valence-corrected chi connectivity index (χ4v) is 1.34. The smallest absolute Gasteiger partial charge is 0.215 e. The van der Waals surface area contributed by atoms with Gasteiger partial charge in [0.1, 0.15) is 5.82 Å². The average molecular weight is 195 g/mol. The summed E-state index contributed by atoms with van der Waals surface area (Å²) >= 11 is 0. The lowest BCUT2D eigenvalue weighted by Gasteiger charge is -2.12. The van der Waals surface area contributed by atoms with Gasteiger partial charge in [-0.05, 0) is 13.3 Å². The minimum absolute atomic E-state index is 0.804. The van der Waals surface area contributed by atoms with Crippen LogP contribution in [-0.2, 0) is 11.3 Å². The molecule has 0 N–H and O–H groups in total. The normalized spacial score (nSPS) is 10.2. The summed E-state index contributed by atoms with van der Waals surface area (Å²) in [6, 6.07) is 1.92. The highest BCUT2D eigenvalue weighted by Gasteiger charge is 2.08. The monoisotopic (exact) mass is 195 g/mol. The Hall–Kier alpha value is -1.32. The van der Waals surface area contributed by atoms with Gasteiger partial charge in [0.2, 0.25) is 6.41 Å². The zero-order valence-corrected chi connectivity index (χ0v) is 9.03. The van der Waals surface area contributed by atoms with Crippen molar-refractivity contribution < 1.29 is 4.79 Å². The summed E-state index contributed by atoms with van der Waals surface area (Å²) in [5.41, 5.74) is 0.949. The molecule has 1 amide bonds. The number of carbonyl (C=O) groups is 1. The Morgan fingerprint density at radius 1 is 1.64 bits per heavy atom. The molecule has 14 heavy (non-hydrogen) atoms. The lowest BCUT2D eigenvalue weighted by atomic mass is 10.3. The van der Waals surface area contributed by atoms with E-state index in [1.807, 2.05) is 17.7 Å². The third-order valence-corrected chi connectivity index (χ3v) is 2.12. The van der Waals surface area contributed by atoms with E-state index in [2.05, 4.69) is 12.0 Å². The molecule has 0 fully saturated rings. The molecule has 1 rings (SSSR count). The van der Waals surface area contributed by atoms with Crippen molar-refractivity contribution in [3.63, 3.8) is 0 Å². The lowest BCUT2D eigenvalue weighted by molar-refractivity contribution is -0.107. The standard InChI is InChI=1S/C10H17N3O/c1-4-5-6-13-10(12(3)8-14)7-9(2)11-13/h7-8H,4-6H2,1-3H3. The molecule has 4 nitrogen and oxygen atoms in total. The van der Waals surface area contributed by atoms with E-state index in [4.69, 9.17) is 0 Å². The summed E-state index contributed by atoms with van der Waals surface area (Å²) in [6.45, 7) is 4.95. The molecule has 4 heteroatoms. The van der Waals surface area contributed by atoms with Crippen molar-refractivity contribution in [2.75, 3.05) is 11.9 Å². The molecule has 0 unspecified atom stereocenters. The SMILES string of the molecule is CCCCn1nc(C)cc1N(C)C=O. The van der Waals surface area contributed by atoms with Crippen LogP contribution in [-0.4, -0.2) is 23.2 Å². The summed E-state index contributed by atoms with van der Waals surface area (Å²) in [5, 5.41) is 4.33. The molecule has 0 aliphatic heterocycles. The first-order valence-electron chi connectivity index (χ1n) is 4.91. The summed E-state index contributed by atoms with van der Waals surface area (Å²) < 4.78 is 1.88. The number of hydrogen-bond donors (Lipinski definition) is 0. The number of rotatable bonds is 5. The van der Waals surface area contributed by atoms with E-state index in [1.54, 1.807) is 11.9 Å². The van der Waals surface area contributed by atoms with Crippen LogP contribution < -0.4 is 4.90 Å². The zero-order valence-electron chi connectivity index (χ0n) is 9.03. The topological polar surface area (TPSA) is 38.1 Å². The van der Waals surface area contributed by atoms with Gasteiger partial charge in [0.05, 0.1) is 5.69 Å². The van der Waals surface area contributed by atoms with Crippen LogP contribution in [0.25, 0.3) is 0 Å². The Labute approximate surface area is 84.5 Å². The largest absolute Gasteiger partial charge is 0.303 e. The lowest BCUT2D eigenvalue weighted by Crippen LogP contribution is -2.18. The summed E-state index contributed by atoms with van der Waals surface area (Å²) in [5.74, 6) is 0.867. The van der Waals surface area contributed by atoms with Crippen LogP contribution in [0, 0.1) is 6.92 Å². The van der Waals surface area contributed by atoms with Crippen LogP contribution in [0.5, 0.6) is 0 Å². The molecule has 0 saturated carbocycles. The summed E-state index contributed by atoms with van der Waals surface area (Å²) in [6.07, 6.45) is 3.02. The predicted molar refractivity (Wildman–Crippen MR) is 56.3 cm³/mol. The maximum atomic E-state index is 10.6. The Balaban J connectivity index is 2.84. The van der Waals surface area contributed by atoms with Crippen molar-refractivity contribution in [2.45, 2.75) is 33.2 Å². The van der Waals surface area contributed by atoms with Crippen molar-refractivity contribution in [3.8, 4) is 0 Å². The molecule has 1 aromatic heterocycles. The molecule has 0 aliphatic rings. The molecule has 0 saturated heterocycles. The van der Waals surface area contributed by atoms with Crippen molar-refractivity contribution >= 4 is 12.2 Å². The van der Waals surface area contributed by atoms with E-state index in [0.717, 1.165) is 37.3 Å². The van der Waals surface area contributed by atoms with Gasteiger partial charge in [-0.1, -0.05) is 13.3 Å². The van der Waals surface area contributed by atoms with Gasteiger partial charge in [-0.25, -0.2) is 4.68 Å². The first kappa shape index (κ1) is 10.8. The van der Waals surface area contributed by atoms with Crippen LogP contribution in [0.1, 0.15) is 25.5 Å². The Bertz CT molecular complexity index is 306. The van der Waals surface area contributed by atoms with E-state index in [-0.39, 0.29) is 0 Å². The Morgan fingerprint density at radius 2 is 2.36 bits per heavy atom. The number of unbranched alkanes of at least 4 members (excludes halogenated alkanes) is 1. The van der Waals surface area contributed by atoms with Crippen molar-refractivity contribution in [2.24, 2.45) is 0 Å². The second-order valence-corrected chi connectivity index (χ2v) is 3.44. The summed E-state index contributed by atoms with van der Waals surface area (Å²) in [7, 11) is 1.74. The Morgan fingerprint density at radius 3 is 2.93 bits per heavy atom. The molecule has 0 bridgehead atoms. The van der Waals surface area contributed by atoms with E-state index in [9.17, 15) is 4.79 Å². The first-order chi connectivity index (χ1) is 6.69. The van der Waals surface area contributed by atoms with E-state index >= 15 is 0 Å². The third kappa shape index (κ3) is 2.34. The zero-order chi connectivity index (χ0) is 10.6. The molecule has 1 heterocycles. The highest BCUT2D eigenvalue weighted by molar-refractivity contribution is 5.72. The number of hydrogen-bond acceptors (Lipinski definition) is 2. The number of carbonyl (C=O) groups excluding carboxylic acids is 1. The Kier molecular flexibility index (Phi) is 3.68. The van der Waals surface area contributed by atoms with Crippen molar-refractivity contribution in [3.05, 3.63) is 11.8 Å². The van der Waals surface area contributed by atoms with Crippen LogP contribution in [0.3, 0.4) is 0 Å². The van der Waals surface area contributed by atoms with E-state index < -0.39 is 0 Å². The van der Waals surface area contributed by atoms with Gasteiger partial charge in [-0.3, -0.25) is 4.79 Å². The molecular weight excluding hydrogens is 178 g/mol. The molecule has 78 valence electrons. The molecule has 0 spiro atoms. The van der Waals surface area contributed by atoms with Crippen LogP contribution >= 0.6 is 0 Å². The van der Waals surface area contributed by atoms with Gasteiger partial charge < -0.3 is 4.90 Å². The van der Waals surface area contributed by atoms with Gasteiger partial charge in [0.15, 0.2) is 0 Å². The number of nitrogens with zero attached hydrogens (tertiary/aromatic N) is 3. The molecule has 0 aliphatic carbocycles. The fraction of sp³-hybridized carbons (Fsp3) is 0.600.